The molecule has 0 aliphatic heterocycles. The van der Waals surface area contributed by atoms with Crippen molar-refractivity contribution in [2.24, 2.45) is 0 Å². The Morgan fingerprint density at radius 3 is 1.12 bits per heavy atom. The Morgan fingerprint density at radius 2 is 0.812 bits per heavy atom. The normalized spacial score (nSPS) is 11.1. The van der Waals surface area contributed by atoms with Gasteiger partial charge in [-0.25, -0.2) is 0 Å². The van der Waals surface area contributed by atoms with Gasteiger partial charge in [-0.2, -0.15) is 0 Å². The van der Waals surface area contributed by atoms with Gasteiger partial charge in [0.1, 0.15) is 0 Å². The topological polar surface area (TPSA) is 0 Å². The summed E-state index contributed by atoms with van der Waals surface area (Å²) >= 11 is 0. The van der Waals surface area contributed by atoms with Crippen molar-refractivity contribution in [2.45, 2.75) is 41.5 Å². The first-order valence-electron chi connectivity index (χ1n) is 5.90. The van der Waals surface area contributed by atoms with Gasteiger partial charge in [-0.3, -0.25) is 0 Å². The van der Waals surface area contributed by atoms with Crippen LogP contribution in [0, 0.1) is 41.5 Å². The van der Waals surface area contributed by atoms with Crippen molar-refractivity contribution in [1.82, 2.24) is 0 Å². The van der Waals surface area contributed by atoms with Crippen LogP contribution in [0.3, 0.4) is 0 Å². The zero-order chi connectivity index (χ0) is 12.0. The molecule has 0 heteroatoms. The summed E-state index contributed by atoms with van der Waals surface area (Å²) < 4.78 is 0. The monoisotopic (exact) mass is 212 g/mol. The average Bonchev–Trinajstić information content (AvgIpc) is 2.20. The molecule has 0 spiro atoms. The first-order chi connectivity index (χ1) is 7.43. The summed E-state index contributed by atoms with van der Waals surface area (Å²) in [6, 6.07) is 4.62. The van der Waals surface area contributed by atoms with Crippen molar-refractivity contribution in [3.63, 3.8) is 0 Å². The Balaban J connectivity index is 3.11. The summed E-state index contributed by atoms with van der Waals surface area (Å²) in [7, 11) is 0. The molecule has 2 aromatic carbocycles. The van der Waals surface area contributed by atoms with E-state index in [1.807, 2.05) is 0 Å². The molecule has 0 radical (unpaired) electrons. The average molecular weight is 212 g/mol. The molecule has 0 fully saturated rings. The van der Waals surface area contributed by atoms with Gasteiger partial charge < -0.3 is 0 Å². The molecular weight excluding hydrogens is 192 g/mol. The van der Waals surface area contributed by atoms with Crippen molar-refractivity contribution in [1.29, 1.82) is 0 Å². The summed E-state index contributed by atoms with van der Waals surface area (Å²) in [6.45, 7) is 13.3. The van der Waals surface area contributed by atoms with Crippen LogP contribution < -0.4 is 0 Å². The fourth-order valence-electron chi connectivity index (χ4n) is 2.77. The van der Waals surface area contributed by atoms with Gasteiger partial charge in [0.05, 0.1) is 0 Å². The number of rotatable bonds is 0. The van der Waals surface area contributed by atoms with Crippen molar-refractivity contribution in [3.05, 3.63) is 45.5 Å². The van der Waals surface area contributed by atoms with E-state index in [1.54, 1.807) is 0 Å². The van der Waals surface area contributed by atoms with Crippen molar-refractivity contribution in [3.8, 4) is 0 Å². The Bertz CT molecular complexity index is 521. The highest BCUT2D eigenvalue weighted by molar-refractivity contribution is 5.95. The van der Waals surface area contributed by atoms with E-state index in [0.29, 0.717) is 0 Å². The predicted molar refractivity (Wildman–Crippen MR) is 72.4 cm³/mol. The molecule has 0 saturated heterocycles. The SMILES string of the molecule is Cc1cc(C)c2c(C)c(C)cc(C)c2c1C. The minimum Gasteiger partial charge on any atom is -0.0555 e. The molecular formula is C16H20. The molecule has 84 valence electrons. The molecule has 0 aliphatic rings. The molecule has 2 rings (SSSR count). The van der Waals surface area contributed by atoms with E-state index in [4.69, 9.17) is 0 Å². The van der Waals surface area contributed by atoms with Crippen LogP contribution in [0.1, 0.15) is 33.4 Å². The molecule has 16 heavy (non-hydrogen) atoms. The number of fused-ring (bicyclic) bond motifs is 1. The van der Waals surface area contributed by atoms with E-state index < -0.39 is 0 Å². The Morgan fingerprint density at radius 1 is 0.500 bits per heavy atom. The van der Waals surface area contributed by atoms with E-state index in [0.717, 1.165) is 0 Å². The lowest BCUT2D eigenvalue weighted by atomic mass is 9.89. The second-order valence-electron chi connectivity index (χ2n) is 5.02. The standard InChI is InChI=1S/C16H20/c1-9-7-11(3)16-14(6)10(2)8-12(4)15(16)13(9)5/h7-8H,1-6H3. The molecule has 2 aromatic rings. The smallest absolute Gasteiger partial charge is 0.0117 e. The number of aryl methyl sites for hydroxylation is 6. The highest BCUT2D eigenvalue weighted by atomic mass is 14.1. The molecule has 0 nitrogen and oxygen atoms in total. The Hall–Kier alpha value is -1.30. The lowest BCUT2D eigenvalue weighted by molar-refractivity contribution is 1.28. The number of benzene rings is 2. The molecule has 0 saturated carbocycles. The van der Waals surface area contributed by atoms with Crippen LogP contribution in [0.25, 0.3) is 10.8 Å². The first-order valence-corrected chi connectivity index (χ1v) is 5.90. The van der Waals surface area contributed by atoms with Gasteiger partial charge >= 0.3 is 0 Å². The maximum Gasteiger partial charge on any atom is -0.0117 e. The third-order valence-corrected chi connectivity index (χ3v) is 3.84. The second-order valence-corrected chi connectivity index (χ2v) is 5.02. The molecule has 0 aliphatic carbocycles. The second kappa shape index (κ2) is 3.62. The predicted octanol–water partition coefficient (Wildman–Crippen LogP) is 4.69. The zero-order valence-electron chi connectivity index (χ0n) is 11.2. The maximum atomic E-state index is 2.31. The van der Waals surface area contributed by atoms with Gasteiger partial charge in [-0.05, 0) is 85.7 Å². The lowest BCUT2D eigenvalue weighted by Crippen LogP contribution is -1.95. The quantitative estimate of drug-likeness (QED) is 0.594. The summed E-state index contributed by atoms with van der Waals surface area (Å²) in [5.41, 5.74) is 8.47. The van der Waals surface area contributed by atoms with E-state index in [2.05, 4.69) is 53.7 Å². The van der Waals surface area contributed by atoms with Gasteiger partial charge in [0.15, 0.2) is 0 Å². The van der Waals surface area contributed by atoms with Gasteiger partial charge in [0.25, 0.3) is 0 Å². The third-order valence-electron chi connectivity index (χ3n) is 3.84. The first kappa shape index (κ1) is 11.2. The van der Waals surface area contributed by atoms with E-state index in [9.17, 15) is 0 Å². The van der Waals surface area contributed by atoms with Gasteiger partial charge in [0.2, 0.25) is 0 Å². The Labute approximate surface area is 98.3 Å². The number of hydrogen-bond acceptors (Lipinski definition) is 0. The highest BCUT2D eigenvalue weighted by Crippen LogP contribution is 2.32. The van der Waals surface area contributed by atoms with Crippen LogP contribution in [0.2, 0.25) is 0 Å². The molecule has 0 unspecified atom stereocenters. The largest absolute Gasteiger partial charge is 0.0555 e. The maximum absolute atomic E-state index is 2.31. The zero-order valence-corrected chi connectivity index (χ0v) is 11.2. The molecule has 0 N–H and O–H groups in total. The molecule has 0 atom stereocenters. The van der Waals surface area contributed by atoms with E-state index in [1.165, 1.54) is 44.2 Å². The van der Waals surface area contributed by atoms with Crippen LogP contribution in [-0.4, -0.2) is 0 Å². The van der Waals surface area contributed by atoms with Crippen molar-refractivity contribution < 1.29 is 0 Å². The number of hydrogen-bond donors (Lipinski definition) is 0. The van der Waals surface area contributed by atoms with Crippen LogP contribution in [0.4, 0.5) is 0 Å². The minimum absolute atomic E-state index is 1.40. The third kappa shape index (κ3) is 1.44. The highest BCUT2D eigenvalue weighted by Gasteiger charge is 2.10. The summed E-state index contributed by atoms with van der Waals surface area (Å²) in [4.78, 5) is 0. The van der Waals surface area contributed by atoms with Crippen molar-refractivity contribution in [2.75, 3.05) is 0 Å². The fourth-order valence-corrected chi connectivity index (χ4v) is 2.77. The Kier molecular flexibility index (Phi) is 2.53. The van der Waals surface area contributed by atoms with Crippen molar-refractivity contribution >= 4 is 10.8 Å². The van der Waals surface area contributed by atoms with Gasteiger partial charge in [-0.15, -0.1) is 0 Å². The summed E-state index contributed by atoms with van der Waals surface area (Å²) in [5.74, 6) is 0. The minimum atomic E-state index is 1.40. The molecule has 0 bridgehead atoms. The van der Waals surface area contributed by atoms with Gasteiger partial charge in [-0.1, -0.05) is 12.1 Å². The van der Waals surface area contributed by atoms with Crippen LogP contribution >= 0.6 is 0 Å². The van der Waals surface area contributed by atoms with E-state index in [-0.39, 0.29) is 0 Å². The van der Waals surface area contributed by atoms with Crippen LogP contribution in [0.5, 0.6) is 0 Å². The molecule has 0 aromatic heterocycles. The summed E-state index contributed by atoms with van der Waals surface area (Å²) in [6.07, 6.45) is 0. The molecule has 0 amide bonds. The summed E-state index contributed by atoms with van der Waals surface area (Å²) in [5, 5.41) is 2.92. The van der Waals surface area contributed by atoms with E-state index >= 15 is 0 Å². The lowest BCUT2D eigenvalue weighted by Gasteiger charge is -2.16. The van der Waals surface area contributed by atoms with Crippen LogP contribution in [0.15, 0.2) is 12.1 Å². The fraction of sp³-hybridized carbons (Fsp3) is 0.375. The van der Waals surface area contributed by atoms with Gasteiger partial charge in [0, 0.05) is 0 Å². The molecule has 0 heterocycles. The van der Waals surface area contributed by atoms with Crippen LogP contribution in [-0.2, 0) is 0 Å².